The number of benzene rings is 4. The molecule has 4 rings (SSSR count). The van der Waals surface area contributed by atoms with Crippen LogP contribution in [-0.2, 0) is 32.6 Å². The van der Waals surface area contributed by atoms with Crippen LogP contribution in [0.4, 0.5) is 10.1 Å². The van der Waals surface area contributed by atoms with Crippen LogP contribution in [0.5, 0.6) is 5.75 Å². The summed E-state index contributed by atoms with van der Waals surface area (Å²) in [7, 11) is -2.90. The van der Waals surface area contributed by atoms with Crippen LogP contribution in [0.3, 0.4) is 0 Å². The molecule has 8 nitrogen and oxygen atoms in total. The summed E-state index contributed by atoms with van der Waals surface area (Å²) in [5.41, 5.74) is 1.91. The van der Waals surface area contributed by atoms with Crippen molar-refractivity contribution in [2.45, 2.75) is 44.7 Å². The summed E-state index contributed by atoms with van der Waals surface area (Å²) in [4.78, 5) is 29.6. The molecule has 2 amide bonds. The van der Waals surface area contributed by atoms with Gasteiger partial charge in [-0.3, -0.25) is 13.9 Å². The van der Waals surface area contributed by atoms with Crippen molar-refractivity contribution in [2.75, 3.05) is 24.5 Å². The van der Waals surface area contributed by atoms with Crippen LogP contribution in [0, 0.1) is 18.7 Å². The quantitative estimate of drug-likeness (QED) is 0.166. The third kappa shape index (κ3) is 9.11. The summed E-state index contributed by atoms with van der Waals surface area (Å²) in [6, 6.07) is 24.7. The highest BCUT2D eigenvalue weighted by Gasteiger charge is 2.35. The fourth-order valence-electron chi connectivity index (χ4n) is 4.96. The van der Waals surface area contributed by atoms with E-state index in [0.29, 0.717) is 12.3 Å². The van der Waals surface area contributed by atoms with Crippen molar-refractivity contribution in [1.29, 1.82) is 0 Å². The Balaban J connectivity index is 1.83. The number of amides is 2. The smallest absolute Gasteiger partial charge is 0.264 e. The number of anilines is 1. The van der Waals surface area contributed by atoms with E-state index in [0.717, 1.165) is 15.4 Å². The van der Waals surface area contributed by atoms with Crippen LogP contribution < -0.4 is 14.4 Å². The maximum absolute atomic E-state index is 15.1. The molecule has 0 saturated carbocycles. The molecular formula is C36H39ClFN3O5S. The van der Waals surface area contributed by atoms with Crippen molar-refractivity contribution < 1.29 is 27.1 Å². The number of carbonyl (C=O) groups excluding carboxylic acids is 2. The molecule has 0 fully saturated rings. The normalized spacial score (nSPS) is 12.0. The Morgan fingerprint density at radius 1 is 0.936 bits per heavy atom. The Bertz CT molecular complexity index is 1790. The van der Waals surface area contributed by atoms with Crippen LogP contribution in [0.15, 0.2) is 102 Å². The Labute approximate surface area is 281 Å². The van der Waals surface area contributed by atoms with E-state index in [1.54, 1.807) is 18.2 Å². The predicted molar refractivity (Wildman–Crippen MR) is 182 cm³/mol. The second-order valence-electron chi connectivity index (χ2n) is 11.6. The lowest BCUT2D eigenvalue weighted by atomic mass is 10.0. The number of aryl methyl sites for hydroxylation is 1. The Morgan fingerprint density at radius 2 is 1.60 bits per heavy atom. The van der Waals surface area contributed by atoms with Gasteiger partial charge in [-0.25, -0.2) is 12.8 Å². The number of carbonyl (C=O) groups is 2. The number of hydrogen-bond donors (Lipinski definition) is 1. The van der Waals surface area contributed by atoms with Crippen molar-refractivity contribution in [2.24, 2.45) is 5.92 Å². The molecule has 0 radical (unpaired) electrons. The lowest BCUT2D eigenvalue weighted by molar-refractivity contribution is -0.140. The van der Waals surface area contributed by atoms with Crippen LogP contribution in [0.2, 0.25) is 5.02 Å². The molecule has 0 saturated heterocycles. The van der Waals surface area contributed by atoms with E-state index in [2.05, 4.69) is 5.32 Å². The first-order valence-corrected chi connectivity index (χ1v) is 17.0. The van der Waals surface area contributed by atoms with Gasteiger partial charge in [-0.05, 0) is 54.8 Å². The molecule has 0 unspecified atom stereocenters. The molecule has 0 aliphatic heterocycles. The largest absolute Gasteiger partial charge is 0.495 e. The highest BCUT2D eigenvalue weighted by molar-refractivity contribution is 7.92. The van der Waals surface area contributed by atoms with E-state index in [-0.39, 0.29) is 40.1 Å². The molecule has 47 heavy (non-hydrogen) atoms. The molecule has 4 aromatic rings. The first-order chi connectivity index (χ1) is 22.4. The Kier molecular flexibility index (Phi) is 12.0. The summed E-state index contributed by atoms with van der Waals surface area (Å²) in [5.74, 6) is -1.26. The highest BCUT2D eigenvalue weighted by Crippen LogP contribution is 2.32. The summed E-state index contributed by atoms with van der Waals surface area (Å²) >= 11 is 6.42. The van der Waals surface area contributed by atoms with Crippen molar-refractivity contribution >= 4 is 39.1 Å². The van der Waals surface area contributed by atoms with Gasteiger partial charge in [0, 0.05) is 25.1 Å². The number of nitrogens with zero attached hydrogens (tertiary/aromatic N) is 2. The predicted octanol–water partition coefficient (Wildman–Crippen LogP) is 6.40. The van der Waals surface area contributed by atoms with E-state index in [1.165, 1.54) is 60.5 Å². The molecule has 0 heterocycles. The molecule has 1 N–H and O–H groups in total. The maximum atomic E-state index is 15.1. The minimum Gasteiger partial charge on any atom is -0.495 e. The van der Waals surface area contributed by atoms with Crippen molar-refractivity contribution in [1.82, 2.24) is 10.2 Å². The van der Waals surface area contributed by atoms with E-state index in [9.17, 15) is 18.0 Å². The lowest BCUT2D eigenvalue weighted by Gasteiger charge is -2.34. The monoisotopic (exact) mass is 679 g/mol. The van der Waals surface area contributed by atoms with E-state index >= 15 is 4.39 Å². The number of rotatable bonds is 14. The Morgan fingerprint density at radius 3 is 2.21 bits per heavy atom. The zero-order chi connectivity index (χ0) is 34.1. The number of sulfonamides is 1. The van der Waals surface area contributed by atoms with Gasteiger partial charge in [0.25, 0.3) is 10.0 Å². The molecule has 11 heteroatoms. The number of hydrogen-bond acceptors (Lipinski definition) is 5. The van der Waals surface area contributed by atoms with E-state index in [1.807, 2.05) is 51.1 Å². The standard InChI is InChI=1S/C36H39ClFN3O5S/c1-25(2)22-39-36(43)33(20-27-10-6-5-7-11-27)40(23-28-12-8-9-13-32(28)38)35(42)24-41(29-16-19-34(46-4)31(37)21-29)47(44,45)30-17-14-26(3)15-18-30/h5-19,21,25,33H,20,22-24H2,1-4H3,(H,39,43)/t33-/m0/s1. The average Bonchev–Trinajstić information content (AvgIpc) is 3.05. The number of halogens is 2. The average molecular weight is 680 g/mol. The summed E-state index contributed by atoms with van der Waals surface area (Å²) in [6.07, 6.45) is 0.115. The SMILES string of the molecule is COc1ccc(N(CC(=O)N(Cc2ccccc2F)[C@@H](Cc2ccccc2)C(=O)NCC(C)C)S(=O)(=O)c2ccc(C)cc2)cc1Cl. The zero-order valence-corrected chi connectivity index (χ0v) is 28.4. The second-order valence-corrected chi connectivity index (χ2v) is 13.9. The Hall–Kier alpha value is -4.41. The van der Waals surface area contributed by atoms with Crippen molar-refractivity contribution in [3.05, 3.63) is 125 Å². The minimum atomic E-state index is -4.33. The molecule has 4 aromatic carbocycles. The van der Waals surface area contributed by atoms with Gasteiger partial charge in [0.05, 0.1) is 22.7 Å². The van der Waals surface area contributed by atoms with Gasteiger partial charge in [-0.15, -0.1) is 0 Å². The summed E-state index contributed by atoms with van der Waals surface area (Å²) < 4.78 is 49.7. The number of ether oxygens (including phenoxy) is 1. The highest BCUT2D eigenvalue weighted by atomic mass is 35.5. The van der Waals surface area contributed by atoms with E-state index in [4.69, 9.17) is 16.3 Å². The third-order valence-electron chi connectivity index (χ3n) is 7.57. The zero-order valence-electron chi connectivity index (χ0n) is 26.8. The van der Waals surface area contributed by atoms with Gasteiger partial charge in [-0.1, -0.05) is 91.7 Å². The fraction of sp³-hybridized carbons (Fsp3) is 0.278. The van der Waals surface area contributed by atoms with Crippen LogP contribution in [0.25, 0.3) is 0 Å². The van der Waals surface area contributed by atoms with Gasteiger partial charge in [0.2, 0.25) is 11.8 Å². The third-order valence-corrected chi connectivity index (χ3v) is 9.65. The summed E-state index contributed by atoms with van der Waals surface area (Å²) in [6.45, 7) is 5.10. The van der Waals surface area contributed by atoms with Gasteiger partial charge >= 0.3 is 0 Å². The fourth-order valence-corrected chi connectivity index (χ4v) is 6.62. The molecule has 248 valence electrons. The topological polar surface area (TPSA) is 96.0 Å². The second kappa shape index (κ2) is 15.9. The molecular weight excluding hydrogens is 641 g/mol. The van der Waals surface area contributed by atoms with Crippen LogP contribution >= 0.6 is 11.6 Å². The van der Waals surface area contributed by atoms with Crippen molar-refractivity contribution in [3.8, 4) is 5.75 Å². The molecule has 0 bridgehead atoms. The van der Waals surface area contributed by atoms with E-state index < -0.39 is 40.2 Å². The number of methoxy groups -OCH3 is 1. The number of nitrogens with one attached hydrogen (secondary N) is 1. The summed E-state index contributed by atoms with van der Waals surface area (Å²) in [5, 5.41) is 3.05. The molecule has 0 aliphatic carbocycles. The van der Waals surface area contributed by atoms with Gasteiger partial charge in [0.1, 0.15) is 24.2 Å². The molecule has 0 aliphatic rings. The molecule has 0 aromatic heterocycles. The van der Waals surface area contributed by atoms with Crippen LogP contribution in [0.1, 0.15) is 30.5 Å². The first-order valence-electron chi connectivity index (χ1n) is 15.2. The molecule has 1 atom stereocenters. The van der Waals surface area contributed by atoms with Crippen LogP contribution in [-0.4, -0.2) is 51.4 Å². The van der Waals surface area contributed by atoms with Gasteiger partial charge in [0.15, 0.2) is 0 Å². The van der Waals surface area contributed by atoms with Crippen molar-refractivity contribution in [3.63, 3.8) is 0 Å². The lowest BCUT2D eigenvalue weighted by Crippen LogP contribution is -2.53. The minimum absolute atomic E-state index is 0.0426. The maximum Gasteiger partial charge on any atom is 0.264 e. The van der Waals surface area contributed by atoms with Gasteiger partial charge < -0.3 is 15.0 Å². The molecule has 0 spiro atoms. The first kappa shape index (κ1) is 35.4. The van der Waals surface area contributed by atoms with Gasteiger partial charge in [-0.2, -0.15) is 0 Å².